The van der Waals surface area contributed by atoms with Crippen molar-refractivity contribution in [2.75, 3.05) is 0 Å². The predicted octanol–water partition coefficient (Wildman–Crippen LogP) is 2.10. The number of alkyl halides is 4. The highest BCUT2D eigenvalue weighted by Crippen LogP contribution is 2.34. The van der Waals surface area contributed by atoms with Crippen molar-refractivity contribution in [2.24, 2.45) is 0 Å². The maximum absolute atomic E-state index is 11.9. The molecule has 0 saturated carbocycles. The number of hydrogen-bond donors (Lipinski definition) is 1. The van der Waals surface area contributed by atoms with Crippen molar-refractivity contribution in [1.82, 2.24) is 5.54 Å². The molecule has 0 unspecified atom stereocenters. The van der Waals surface area contributed by atoms with Crippen LogP contribution in [0.2, 0.25) is 0 Å². The topological polar surface area (TPSA) is 12.0 Å². The normalized spacial score (nSPS) is 13.8. The van der Waals surface area contributed by atoms with Crippen molar-refractivity contribution in [3.05, 3.63) is 0 Å². The summed E-state index contributed by atoms with van der Waals surface area (Å²) in [6.45, 7) is 0.839. The smallest absolute Gasteiger partial charge is 0.198 e. The van der Waals surface area contributed by atoms with E-state index in [4.69, 9.17) is 0 Å². The van der Waals surface area contributed by atoms with Gasteiger partial charge in [-0.25, -0.2) is 0 Å². The molecule has 0 aromatic heterocycles. The van der Waals surface area contributed by atoms with E-state index >= 15 is 0 Å². The van der Waals surface area contributed by atoms with E-state index in [0.29, 0.717) is 0 Å². The van der Waals surface area contributed by atoms with E-state index < -0.39 is 18.4 Å². The Balaban J connectivity index is 4.28. The SMILES string of the molecule is CCC(F)(F)C(F)(F)NF. The molecule has 0 radical (unpaired) electrons. The molecular formula is C4H6F5N. The Morgan fingerprint density at radius 3 is 1.70 bits per heavy atom. The van der Waals surface area contributed by atoms with E-state index in [1.807, 2.05) is 0 Å². The van der Waals surface area contributed by atoms with Crippen molar-refractivity contribution in [2.45, 2.75) is 25.3 Å². The van der Waals surface area contributed by atoms with Crippen LogP contribution in [0.15, 0.2) is 0 Å². The maximum atomic E-state index is 11.9. The Hall–Kier alpha value is -0.390. The maximum Gasteiger partial charge on any atom is 0.389 e. The molecule has 6 heteroatoms. The van der Waals surface area contributed by atoms with Crippen molar-refractivity contribution >= 4 is 0 Å². The average Bonchev–Trinajstić information content (AvgIpc) is 1.88. The van der Waals surface area contributed by atoms with Crippen LogP contribution in [0.3, 0.4) is 0 Å². The van der Waals surface area contributed by atoms with Gasteiger partial charge in [0.05, 0.1) is 0 Å². The fourth-order valence-electron chi connectivity index (χ4n) is 0.291. The van der Waals surface area contributed by atoms with Gasteiger partial charge in [-0.3, -0.25) is 0 Å². The van der Waals surface area contributed by atoms with Gasteiger partial charge in [-0.2, -0.15) is 17.6 Å². The third kappa shape index (κ3) is 1.56. The van der Waals surface area contributed by atoms with Gasteiger partial charge in [-0.05, 0) is 0 Å². The highest BCUT2D eigenvalue weighted by molar-refractivity contribution is 4.77. The van der Waals surface area contributed by atoms with Crippen molar-refractivity contribution in [3.63, 3.8) is 0 Å². The van der Waals surface area contributed by atoms with Crippen LogP contribution >= 0.6 is 0 Å². The summed E-state index contributed by atoms with van der Waals surface area (Å²) in [4.78, 5) is 0. The van der Waals surface area contributed by atoms with Crippen LogP contribution in [-0.4, -0.2) is 12.0 Å². The Labute approximate surface area is 54.1 Å². The van der Waals surface area contributed by atoms with E-state index in [1.165, 1.54) is 0 Å². The molecule has 1 nitrogen and oxygen atoms in total. The minimum absolute atomic E-state index is 0.251. The fraction of sp³-hybridized carbons (Fsp3) is 1.00. The molecule has 0 rings (SSSR count). The molecule has 0 amide bonds. The lowest BCUT2D eigenvalue weighted by molar-refractivity contribution is -0.249. The van der Waals surface area contributed by atoms with E-state index in [1.54, 1.807) is 0 Å². The minimum Gasteiger partial charge on any atom is -0.198 e. The molecule has 10 heavy (non-hydrogen) atoms. The first-order valence-corrected chi connectivity index (χ1v) is 2.51. The molecule has 0 aliphatic carbocycles. The second-order valence-electron chi connectivity index (χ2n) is 1.73. The van der Waals surface area contributed by atoms with E-state index in [-0.39, 0.29) is 5.54 Å². The zero-order chi connectivity index (χ0) is 8.41. The lowest BCUT2D eigenvalue weighted by atomic mass is 10.2. The number of rotatable bonds is 3. The van der Waals surface area contributed by atoms with Gasteiger partial charge >= 0.3 is 12.0 Å². The third-order valence-electron chi connectivity index (χ3n) is 1.02. The third-order valence-corrected chi connectivity index (χ3v) is 1.02. The van der Waals surface area contributed by atoms with Gasteiger partial charge in [0.25, 0.3) is 0 Å². The molecule has 0 saturated heterocycles. The molecule has 0 heterocycles. The van der Waals surface area contributed by atoms with Crippen LogP contribution in [0, 0.1) is 0 Å². The molecule has 0 bridgehead atoms. The van der Waals surface area contributed by atoms with Crippen molar-refractivity contribution in [3.8, 4) is 0 Å². The molecule has 0 aromatic carbocycles. The summed E-state index contributed by atoms with van der Waals surface area (Å²) in [6.07, 6.45) is -1.11. The Kier molecular flexibility index (Phi) is 2.59. The van der Waals surface area contributed by atoms with Gasteiger partial charge in [-0.1, -0.05) is 12.5 Å². The van der Waals surface area contributed by atoms with Gasteiger partial charge in [0.1, 0.15) is 0 Å². The summed E-state index contributed by atoms with van der Waals surface area (Å²) in [5, 5.41) is 0. The second kappa shape index (κ2) is 2.69. The van der Waals surface area contributed by atoms with Crippen LogP contribution < -0.4 is 5.54 Å². The van der Waals surface area contributed by atoms with E-state index in [0.717, 1.165) is 6.92 Å². The Morgan fingerprint density at radius 2 is 1.60 bits per heavy atom. The first-order chi connectivity index (χ1) is 4.37. The molecular weight excluding hydrogens is 157 g/mol. The lowest BCUT2D eigenvalue weighted by Crippen LogP contribution is -2.48. The van der Waals surface area contributed by atoms with E-state index in [9.17, 15) is 22.0 Å². The van der Waals surface area contributed by atoms with Crippen LogP contribution in [0.4, 0.5) is 22.0 Å². The summed E-state index contributed by atoms with van der Waals surface area (Å²) in [6, 6.07) is -4.76. The summed E-state index contributed by atoms with van der Waals surface area (Å²) < 4.78 is 58.1. The van der Waals surface area contributed by atoms with E-state index in [2.05, 4.69) is 0 Å². The van der Waals surface area contributed by atoms with Crippen molar-refractivity contribution in [1.29, 1.82) is 0 Å². The van der Waals surface area contributed by atoms with Gasteiger partial charge < -0.3 is 0 Å². The average molecular weight is 163 g/mol. The van der Waals surface area contributed by atoms with Gasteiger partial charge in [0, 0.05) is 6.42 Å². The zero-order valence-electron chi connectivity index (χ0n) is 5.10. The minimum atomic E-state index is -4.76. The van der Waals surface area contributed by atoms with Crippen LogP contribution in [0.5, 0.6) is 0 Å². The van der Waals surface area contributed by atoms with Crippen LogP contribution in [0.25, 0.3) is 0 Å². The number of hydrogen-bond acceptors (Lipinski definition) is 1. The largest absolute Gasteiger partial charge is 0.389 e. The highest BCUT2D eigenvalue weighted by Gasteiger charge is 2.55. The van der Waals surface area contributed by atoms with Gasteiger partial charge in [0.15, 0.2) is 0 Å². The lowest BCUT2D eigenvalue weighted by Gasteiger charge is -2.21. The number of halogens is 5. The predicted molar refractivity (Wildman–Crippen MR) is 24.4 cm³/mol. The highest BCUT2D eigenvalue weighted by atomic mass is 19.3. The second-order valence-corrected chi connectivity index (χ2v) is 1.73. The molecule has 1 N–H and O–H groups in total. The molecule has 0 atom stereocenters. The quantitative estimate of drug-likeness (QED) is 0.381. The summed E-state index contributed by atoms with van der Waals surface area (Å²) >= 11 is 0. The molecule has 0 aliphatic rings. The molecule has 0 aromatic rings. The zero-order valence-corrected chi connectivity index (χ0v) is 5.10. The first kappa shape index (κ1) is 9.61. The first-order valence-electron chi connectivity index (χ1n) is 2.51. The summed E-state index contributed by atoms with van der Waals surface area (Å²) in [5.74, 6) is -4.33. The summed E-state index contributed by atoms with van der Waals surface area (Å²) in [7, 11) is 0. The van der Waals surface area contributed by atoms with Gasteiger partial charge in [-0.15, -0.1) is 4.48 Å². The molecule has 0 aliphatic heterocycles. The number of nitrogens with one attached hydrogen (secondary N) is 1. The molecule has 0 spiro atoms. The summed E-state index contributed by atoms with van der Waals surface area (Å²) in [5.41, 5.74) is -0.251. The Bertz CT molecular complexity index is 98.2. The molecule has 62 valence electrons. The molecule has 0 fully saturated rings. The fourth-order valence-corrected chi connectivity index (χ4v) is 0.291. The van der Waals surface area contributed by atoms with Crippen molar-refractivity contribution < 1.29 is 22.0 Å². The van der Waals surface area contributed by atoms with Crippen LogP contribution in [-0.2, 0) is 0 Å². The monoisotopic (exact) mass is 163 g/mol. The Morgan fingerprint density at radius 1 is 1.20 bits per heavy atom. The van der Waals surface area contributed by atoms with Gasteiger partial charge in [0.2, 0.25) is 0 Å². The van der Waals surface area contributed by atoms with Crippen LogP contribution in [0.1, 0.15) is 13.3 Å². The standard InChI is InChI=1S/C4H6F5N/c1-2-3(5,6)4(7,8)10-9/h10H,2H2,1H3.